The zero-order valence-corrected chi connectivity index (χ0v) is 12.0. The smallest absolute Gasteiger partial charge is 0.103 e. The lowest BCUT2D eigenvalue weighted by Gasteiger charge is -2.14. The molecular weight excluding hydrogens is 248 g/mol. The van der Waals surface area contributed by atoms with E-state index >= 15 is 0 Å². The monoisotopic (exact) mass is 268 g/mol. The van der Waals surface area contributed by atoms with E-state index in [2.05, 4.69) is 18.3 Å². The van der Waals surface area contributed by atoms with E-state index in [1.807, 2.05) is 37.3 Å². The summed E-state index contributed by atoms with van der Waals surface area (Å²) >= 11 is 0. The molecule has 0 aliphatic rings. The molecule has 1 aromatic heterocycles. The van der Waals surface area contributed by atoms with Crippen molar-refractivity contribution in [3.8, 4) is 6.07 Å². The number of hydrogen-bond donors (Lipinski definition) is 1. The van der Waals surface area contributed by atoms with E-state index in [0.29, 0.717) is 6.04 Å². The second-order valence-electron chi connectivity index (χ2n) is 5.15. The van der Waals surface area contributed by atoms with Crippen molar-refractivity contribution in [1.82, 2.24) is 5.32 Å². The molecule has 1 N–H and O–H groups in total. The SMILES string of the molecule is Cc1cc(C#N)ccc1CNC(C)CCc1ccco1. The first-order chi connectivity index (χ1) is 9.69. The molecule has 3 nitrogen and oxygen atoms in total. The minimum atomic E-state index is 0.426. The van der Waals surface area contributed by atoms with Crippen LogP contribution in [0.25, 0.3) is 0 Å². The molecule has 0 aliphatic carbocycles. The van der Waals surface area contributed by atoms with Crippen LogP contribution in [0.15, 0.2) is 41.0 Å². The Morgan fingerprint density at radius 1 is 1.35 bits per heavy atom. The molecule has 3 heteroatoms. The number of nitrogens with zero attached hydrogens (tertiary/aromatic N) is 1. The molecule has 2 aromatic rings. The molecule has 1 aromatic carbocycles. The minimum Gasteiger partial charge on any atom is -0.469 e. The van der Waals surface area contributed by atoms with E-state index in [9.17, 15) is 0 Å². The molecule has 0 saturated heterocycles. The molecule has 1 atom stereocenters. The summed E-state index contributed by atoms with van der Waals surface area (Å²) in [4.78, 5) is 0. The minimum absolute atomic E-state index is 0.426. The molecule has 0 bridgehead atoms. The largest absolute Gasteiger partial charge is 0.469 e. The highest BCUT2D eigenvalue weighted by molar-refractivity contribution is 5.37. The number of nitrogens with one attached hydrogen (secondary N) is 1. The summed E-state index contributed by atoms with van der Waals surface area (Å²) in [6.07, 6.45) is 3.71. The average Bonchev–Trinajstić information content (AvgIpc) is 2.97. The van der Waals surface area contributed by atoms with Crippen LogP contribution in [0.3, 0.4) is 0 Å². The predicted octanol–water partition coefficient (Wildman–Crippen LogP) is 3.57. The molecule has 0 amide bonds. The molecule has 0 fully saturated rings. The topological polar surface area (TPSA) is 49.0 Å². The van der Waals surface area contributed by atoms with Crippen LogP contribution >= 0.6 is 0 Å². The van der Waals surface area contributed by atoms with Crippen LogP contribution in [-0.2, 0) is 13.0 Å². The van der Waals surface area contributed by atoms with Gasteiger partial charge >= 0.3 is 0 Å². The summed E-state index contributed by atoms with van der Waals surface area (Å²) in [5.74, 6) is 1.04. The lowest BCUT2D eigenvalue weighted by atomic mass is 10.0. The molecule has 20 heavy (non-hydrogen) atoms. The first kappa shape index (κ1) is 14.4. The highest BCUT2D eigenvalue weighted by Crippen LogP contribution is 2.11. The molecule has 2 rings (SSSR count). The van der Waals surface area contributed by atoms with E-state index in [4.69, 9.17) is 9.68 Å². The molecular formula is C17H20N2O. The number of rotatable bonds is 6. The third-order valence-corrected chi connectivity index (χ3v) is 3.52. The van der Waals surface area contributed by atoms with Crippen LogP contribution < -0.4 is 5.32 Å². The van der Waals surface area contributed by atoms with Crippen molar-refractivity contribution in [2.45, 2.75) is 39.3 Å². The van der Waals surface area contributed by atoms with Gasteiger partial charge in [-0.1, -0.05) is 6.07 Å². The van der Waals surface area contributed by atoms with E-state index in [1.165, 1.54) is 5.56 Å². The van der Waals surface area contributed by atoms with Crippen molar-refractivity contribution < 1.29 is 4.42 Å². The fourth-order valence-corrected chi connectivity index (χ4v) is 2.16. The van der Waals surface area contributed by atoms with Gasteiger partial charge in [0.05, 0.1) is 17.9 Å². The summed E-state index contributed by atoms with van der Waals surface area (Å²) in [5.41, 5.74) is 3.13. The van der Waals surface area contributed by atoms with Gasteiger partial charge in [-0.25, -0.2) is 0 Å². The normalized spacial score (nSPS) is 12.1. The molecule has 1 heterocycles. The maximum absolute atomic E-state index is 8.86. The maximum atomic E-state index is 8.86. The van der Waals surface area contributed by atoms with Gasteiger partial charge in [-0.15, -0.1) is 0 Å². The molecule has 0 radical (unpaired) electrons. The van der Waals surface area contributed by atoms with E-state index in [1.54, 1.807) is 6.26 Å². The summed E-state index contributed by atoms with van der Waals surface area (Å²) in [5, 5.41) is 12.4. The first-order valence-corrected chi connectivity index (χ1v) is 6.94. The maximum Gasteiger partial charge on any atom is 0.103 e. The van der Waals surface area contributed by atoms with Crippen molar-refractivity contribution >= 4 is 0 Å². The average molecular weight is 268 g/mol. The van der Waals surface area contributed by atoms with Gasteiger partial charge < -0.3 is 9.73 Å². The summed E-state index contributed by atoms with van der Waals surface area (Å²) in [7, 11) is 0. The van der Waals surface area contributed by atoms with Crippen LogP contribution in [-0.4, -0.2) is 6.04 Å². The Hall–Kier alpha value is -2.05. The van der Waals surface area contributed by atoms with E-state index < -0.39 is 0 Å². The van der Waals surface area contributed by atoms with Crippen molar-refractivity contribution in [2.24, 2.45) is 0 Å². The van der Waals surface area contributed by atoms with Crippen LogP contribution in [0.5, 0.6) is 0 Å². The van der Waals surface area contributed by atoms with Gasteiger partial charge in [0.1, 0.15) is 5.76 Å². The Balaban J connectivity index is 1.81. The highest BCUT2D eigenvalue weighted by Gasteiger charge is 2.05. The molecule has 0 spiro atoms. The van der Waals surface area contributed by atoms with Crippen LogP contribution in [0, 0.1) is 18.3 Å². The van der Waals surface area contributed by atoms with Crippen molar-refractivity contribution in [3.63, 3.8) is 0 Å². The lowest BCUT2D eigenvalue weighted by Crippen LogP contribution is -2.26. The Morgan fingerprint density at radius 2 is 2.20 bits per heavy atom. The van der Waals surface area contributed by atoms with Crippen LogP contribution in [0.2, 0.25) is 0 Å². The number of hydrogen-bond acceptors (Lipinski definition) is 3. The second-order valence-corrected chi connectivity index (χ2v) is 5.15. The number of aryl methyl sites for hydroxylation is 2. The fraction of sp³-hybridized carbons (Fsp3) is 0.353. The summed E-state index contributed by atoms with van der Waals surface area (Å²) in [6.45, 7) is 5.06. The van der Waals surface area contributed by atoms with E-state index in [0.717, 1.165) is 36.3 Å². The van der Waals surface area contributed by atoms with Gasteiger partial charge in [0, 0.05) is 19.0 Å². The Bertz CT molecular complexity index is 582. The third-order valence-electron chi connectivity index (χ3n) is 3.52. The zero-order valence-electron chi connectivity index (χ0n) is 12.0. The number of benzene rings is 1. The molecule has 0 aliphatic heterocycles. The Kier molecular flexibility index (Phi) is 4.97. The van der Waals surface area contributed by atoms with Crippen molar-refractivity contribution in [2.75, 3.05) is 0 Å². The molecule has 1 unspecified atom stereocenters. The van der Waals surface area contributed by atoms with Gasteiger partial charge in [-0.2, -0.15) is 5.26 Å². The van der Waals surface area contributed by atoms with Crippen LogP contribution in [0.4, 0.5) is 0 Å². The summed E-state index contributed by atoms with van der Waals surface area (Å²) < 4.78 is 5.33. The summed E-state index contributed by atoms with van der Waals surface area (Å²) in [6, 6.07) is 12.4. The Morgan fingerprint density at radius 3 is 2.85 bits per heavy atom. The quantitative estimate of drug-likeness (QED) is 0.871. The molecule has 104 valence electrons. The van der Waals surface area contributed by atoms with Crippen molar-refractivity contribution in [1.29, 1.82) is 5.26 Å². The third kappa shape index (κ3) is 3.97. The molecule has 0 saturated carbocycles. The van der Waals surface area contributed by atoms with Gasteiger partial charge in [-0.3, -0.25) is 0 Å². The van der Waals surface area contributed by atoms with Gasteiger partial charge in [0.15, 0.2) is 0 Å². The number of nitriles is 1. The fourth-order valence-electron chi connectivity index (χ4n) is 2.16. The van der Waals surface area contributed by atoms with Gasteiger partial charge in [0.2, 0.25) is 0 Å². The standard InChI is InChI=1S/C17H20N2O/c1-13-10-15(11-18)6-7-16(13)12-19-14(2)5-8-17-4-3-9-20-17/h3-4,6-7,9-10,14,19H,5,8,12H2,1-2H3. The predicted molar refractivity (Wildman–Crippen MR) is 79.2 cm³/mol. The van der Waals surface area contributed by atoms with E-state index in [-0.39, 0.29) is 0 Å². The lowest BCUT2D eigenvalue weighted by molar-refractivity contribution is 0.459. The zero-order chi connectivity index (χ0) is 14.4. The Labute approximate surface area is 120 Å². The van der Waals surface area contributed by atoms with Gasteiger partial charge in [-0.05, 0) is 55.7 Å². The van der Waals surface area contributed by atoms with Gasteiger partial charge in [0.25, 0.3) is 0 Å². The number of furan rings is 1. The second kappa shape index (κ2) is 6.93. The van der Waals surface area contributed by atoms with Crippen LogP contribution in [0.1, 0.15) is 35.8 Å². The first-order valence-electron chi connectivity index (χ1n) is 6.94. The highest BCUT2D eigenvalue weighted by atomic mass is 16.3. The van der Waals surface area contributed by atoms with Crippen molar-refractivity contribution in [3.05, 3.63) is 59.0 Å².